The zero-order valence-electron chi connectivity index (χ0n) is 17.3. The molecule has 4 aromatic rings. The van der Waals surface area contributed by atoms with Crippen LogP contribution < -0.4 is 14.8 Å². The van der Waals surface area contributed by atoms with Crippen LogP contribution in [0, 0.1) is 6.92 Å². The summed E-state index contributed by atoms with van der Waals surface area (Å²) in [6.45, 7) is 4.48. The lowest BCUT2D eigenvalue weighted by Crippen LogP contribution is -2.14. The molecule has 0 radical (unpaired) electrons. The number of methoxy groups -OCH3 is 1. The number of rotatable bonds is 6. The number of aromatic nitrogens is 3. The van der Waals surface area contributed by atoms with Crippen LogP contribution in [0.1, 0.15) is 22.8 Å². The summed E-state index contributed by atoms with van der Waals surface area (Å²) >= 11 is 3.40. The Morgan fingerprint density at radius 1 is 1.06 bits per heavy atom. The number of ether oxygens (including phenoxy) is 2. The van der Waals surface area contributed by atoms with Crippen LogP contribution in [0.15, 0.2) is 59.1 Å². The molecule has 158 valence electrons. The first-order valence-electron chi connectivity index (χ1n) is 9.74. The first-order chi connectivity index (χ1) is 15.0. The van der Waals surface area contributed by atoms with E-state index in [0.29, 0.717) is 29.1 Å². The van der Waals surface area contributed by atoms with Gasteiger partial charge in [-0.1, -0.05) is 15.9 Å². The van der Waals surface area contributed by atoms with Crippen LogP contribution in [0.25, 0.3) is 16.7 Å². The SMILES string of the molecule is CCOc1ccc(-n2nc3cc(C)c(NC(=O)c4cc(Br)ccc4OC)cc3n2)cc1. The van der Waals surface area contributed by atoms with E-state index in [2.05, 4.69) is 31.4 Å². The summed E-state index contributed by atoms with van der Waals surface area (Å²) < 4.78 is 11.6. The zero-order valence-corrected chi connectivity index (χ0v) is 18.9. The second-order valence-corrected chi connectivity index (χ2v) is 7.79. The molecule has 0 bridgehead atoms. The van der Waals surface area contributed by atoms with Gasteiger partial charge in [-0.25, -0.2) is 0 Å². The number of carbonyl (C=O) groups excluding carboxylic acids is 1. The highest BCUT2D eigenvalue weighted by Gasteiger charge is 2.16. The molecule has 1 N–H and O–H groups in total. The van der Waals surface area contributed by atoms with Gasteiger partial charge in [-0.05, 0) is 74.0 Å². The van der Waals surface area contributed by atoms with Gasteiger partial charge in [0.2, 0.25) is 0 Å². The maximum atomic E-state index is 12.9. The minimum absolute atomic E-state index is 0.264. The van der Waals surface area contributed by atoms with Crippen molar-refractivity contribution in [1.82, 2.24) is 15.0 Å². The summed E-state index contributed by atoms with van der Waals surface area (Å²) in [5.41, 5.74) is 4.23. The number of nitrogens with zero attached hydrogens (tertiary/aromatic N) is 3. The van der Waals surface area contributed by atoms with Crippen molar-refractivity contribution < 1.29 is 14.3 Å². The predicted octanol–water partition coefficient (Wildman–Crippen LogP) is 5.15. The molecule has 8 heteroatoms. The van der Waals surface area contributed by atoms with Crippen molar-refractivity contribution in [3.8, 4) is 17.2 Å². The molecule has 0 atom stereocenters. The normalized spacial score (nSPS) is 10.8. The summed E-state index contributed by atoms with van der Waals surface area (Å²) in [6, 6.07) is 16.6. The second kappa shape index (κ2) is 8.77. The van der Waals surface area contributed by atoms with Crippen LogP contribution in [0.2, 0.25) is 0 Å². The summed E-state index contributed by atoms with van der Waals surface area (Å²) in [5.74, 6) is 1.03. The van der Waals surface area contributed by atoms with Gasteiger partial charge in [0, 0.05) is 10.2 Å². The van der Waals surface area contributed by atoms with Gasteiger partial charge in [-0.2, -0.15) is 4.80 Å². The van der Waals surface area contributed by atoms with E-state index in [-0.39, 0.29) is 5.91 Å². The van der Waals surface area contributed by atoms with Crippen LogP contribution in [0.4, 0.5) is 5.69 Å². The predicted molar refractivity (Wildman–Crippen MR) is 123 cm³/mol. The first kappa shape index (κ1) is 20.9. The lowest BCUT2D eigenvalue weighted by Gasteiger charge is -2.11. The lowest BCUT2D eigenvalue weighted by molar-refractivity contribution is 0.102. The van der Waals surface area contributed by atoms with Crippen LogP contribution in [-0.4, -0.2) is 34.6 Å². The number of anilines is 1. The summed E-state index contributed by atoms with van der Waals surface area (Å²) in [6.07, 6.45) is 0. The largest absolute Gasteiger partial charge is 0.496 e. The third kappa shape index (κ3) is 4.39. The zero-order chi connectivity index (χ0) is 22.0. The van der Waals surface area contributed by atoms with Crippen LogP contribution in [-0.2, 0) is 0 Å². The van der Waals surface area contributed by atoms with Crippen molar-refractivity contribution in [2.45, 2.75) is 13.8 Å². The third-order valence-electron chi connectivity index (χ3n) is 4.76. The average Bonchev–Trinajstić information content (AvgIpc) is 3.17. The first-order valence-corrected chi connectivity index (χ1v) is 10.5. The summed E-state index contributed by atoms with van der Waals surface area (Å²) in [4.78, 5) is 14.5. The molecule has 0 aliphatic carbocycles. The van der Waals surface area contributed by atoms with Crippen molar-refractivity contribution in [2.75, 3.05) is 19.0 Å². The molecule has 0 unspecified atom stereocenters. The fraction of sp³-hybridized carbons (Fsp3) is 0.174. The number of fused-ring (bicyclic) bond motifs is 1. The second-order valence-electron chi connectivity index (χ2n) is 6.87. The van der Waals surface area contributed by atoms with Crippen molar-refractivity contribution in [2.24, 2.45) is 0 Å². The topological polar surface area (TPSA) is 78.3 Å². The van der Waals surface area contributed by atoms with E-state index in [1.807, 2.05) is 56.3 Å². The highest BCUT2D eigenvalue weighted by molar-refractivity contribution is 9.10. The number of nitrogens with one attached hydrogen (secondary N) is 1. The Hall–Kier alpha value is -3.39. The molecule has 0 fully saturated rings. The number of aryl methyl sites for hydroxylation is 1. The maximum absolute atomic E-state index is 12.9. The average molecular weight is 481 g/mol. The Balaban J connectivity index is 1.63. The monoisotopic (exact) mass is 480 g/mol. The van der Waals surface area contributed by atoms with E-state index in [9.17, 15) is 4.79 Å². The summed E-state index contributed by atoms with van der Waals surface area (Å²) in [7, 11) is 1.54. The van der Waals surface area contributed by atoms with Gasteiger partial charge >= 0.3 is 0 Å². The third-order valence-corrected chi connectivity index (χ3v) is 5.25. The van der Waals surface area contributed by atoms with Gasteiger partial charge in [0.25, 0.3) is 5.91 Å². The molecule has 7 nitrogen and oxygen atoms in total. The Kier molecular flexibility index (Phi) is 5.90. The Morgan fingerprint density at radius 3 is 2.45 bits per heavy atom. The van der Waals surface area contributed by atoms with Gasteiger partial charge in [-0.3, -0.25) is 4.79 Å². The molecule has 0 spiro atoms. The number of hydrogen-bond donors (Lipinski definition) is 1. The molecule has 0 aliphatic heterocycles. The van der Waals surface area contributed by atoms with Crippen LogP contribution in [0.5, 0.6) is 11.5 Å². The van der Waals surface area contributed by atoms with Gasteiger partial charge < -0.3 is 14.8 Å². The number of benzene rings is 3. The van der Waals surface area contributed by atoms with Gasteiger partial charge in [0.15, 0.2) is 0 Å². The minimum atomic E-state index is -0.264. The van der Waals surface area contributed by atoms with Crippen LogP contribution >= 0.6 is 15.9 Å². The number of amides is 1. The lowest BCUT2D eigenvalue weighted by atomic mass is 10.1. The molecule has 0 saturated heterocycles. The van der Waals surface area contributed by atoms with Crippen LogP contribution in [0.3, 0.4) is 0 Å². The molecule has 0 aliphatic rings. The van der Waals surface area contributed by atoms with E-state index >= 15 is 0 Å². The molecule has 0 saturated carbocycles. The van der Waals surface area contributed by atoms with E-state index in [1.54, 1.807) is 16.9 Å². The van der Waals surface area contributed by atoms with Gasteiger partial charge in [0.05, 0.1) is 25.0 Å². The molecule has 31 heavy (non-hydrogen) atoms. The van der Waals surface area contributed by atoms with Crippen molar-refractivity contribution in [3.05, 3.63) is 70.2 Å². The molecule has 4 rings (SSSR count). The highest BCUT2D eigenvalue weighted by atomic mass is 79.9. The van der Waals surface area contributed by atoms with Crippen molar-refractivity contribution >= 4 is 38.6 Å². The molecule has 1 amide bonds. The van der Waals surface area contributed by atoms with E-state index in [1.165, 1.54) is 7.11 Å². The summed E-state index contributed by atoms with van der Waals surface area (Å²) in [5, 5.41) is 12.1. The quantitative estimate of drug-likeness (QED) is 0.412. The Labute approximate surface area is 188 Å². The molecule has 1 aromatic heterocycles. The standard InChI is InChI=1S/C23H21BrN4O3/c1-4-31-17-8-6-16(7-9-17)28-26-20-11-14(2)19(13-21(20)27-28)25-23(29)18-12-15(24)5-10-22(18)30-3/h5-13H,4H2,1-3H3,(H,25,29). The van der Waals surface area contributed by atoms with Gasteiger partial charge in [0.1, 0.15) is 22.5 Å². The number of carbonyl (C=O) groups is 1. The smallest absolute Gasteiger partial charge is 0.259 e. The molecule has 1 heterocycles. The van der Waals surface area contributed by atoms with E-state index in [4.69, 9.17) is 9.47 Å². The highest BCUT2D eigenvalue weighted by Crippen LogP contribution is 2.27. The Bertz CT molecular complexity index is 1250. The van der Waals surface area contributed by atoms with Crippen molar-refractivity contribution in [1.29, 1.82) is 0 Å². The molecule has 3 aromatic carbocycles. The number of hydrogen-bond acceptors (Lipinski definition) is 5. The van der Waals surface area contributed by atoms with Gasteiger partial charge in [-0.15, -0.1) is 10.2 Å². The van der Waals surface area contributed by atoms with E-state index < -0.39 is 0 Å². The van der Waals surface area contributed by atoms with E-state index in [0.717, 1.165) is 27.0 Å². The number of halogens is 1. The minimum Gasteiger partial charge on any atom is -0.496 e. The maximum Gasteiger partial charge on any atom is 0.259 e. The Morgan fingerprint density at radius 2 is 1.77 bits per heavy atom. The van der Waals surface area contributed by atoms with Crippen molar-refractivity contribution in [3.63, 3.8) is 0 Å². The fourth-order valence-electron chi connectivity index (χ4n) is 3.21. The fourth-order valence-corrected chi connectivity index (χ4v) is 3.57. The molecular weight excluding hydrogens is 460 g/mol. The molecular formula is C23H21BrN4O3.